The van der Waals surface area contributed by atoms with Crippen molar-refractivity contribution in [1.29, 1.82) is 0 Å². The summed E-state index contributed by atoms with van der Waals surface area (Å²) in [6.45, 7) is 8.77. The molecule has 0 bridgehead atoms. The Morgan fingerprint density at radius 3 is 1.33 bits per heavy atom. The van der Waals surface area contributed by atoms with Crippen LogP contribution in [0.5, 0.6) is 0 Å². The van der Waals surface area contributed by atoms with E-state index in [1.165, 1.54) is 95.5 Å². The van der Waals surface area contributed by atoms with Gasteiger partial charge in [-0.3, -0.25) is 0 Å². The quantitative estimate of drug-likeness (QED) is 0.230. The van der Waals surface area contributed by atoms with Crippen molar-refractivity contribution in [3.05, 3.63) is 12.2 Å². The maximum Gasteiger partial charge on any atom is -0.0323 e. The lowest BCUT2D eigenvalue weighted by Gasteiger charge is -2.05. The van der Waals surface area contributed by atoms with Gasteiger partial charge in [-0.15, -0.1) is 0 Å². The molecule has 0 nitrogen and oxygen atoms in total. The highest BCUT2D eigenvalue weighted by molar-refractivity contribution is 4.93. The second kappa shape index (κ2) is 14.8. The van der Waals surface area contributed by atoms with Crippen molar-refractivity contribution >= 4 is 0 Å². The van der Waals surface area contributed by atoms with E-state index in [9.17, 15) is 0 Å². The maximum absolute atomic E-state index is 4.21. The highest BCUT2D eigenvalue weighted by atomic mass is 14.0. The third-order valence-corrected chi connectivity index (χ3v) is 3.77. The minimum absolute atomic E-state index is 1.27. The van der Waals surface area contributed by atoms with Crippen LogP contribution in [0.1, 0.15) is 104 Å². The monoisotopic (exact) mass is 252 g/mol. The van der Waals surface area contributed by atoms with E-state index in [1.807, 2.05) is 0 Å². The smallest absolute Gasteiger partial charge is 0.0323 e. The minimum Gasteiger partial charge on any atom is -0.0999 e. The average Bonchev–Trinajstić information content (AvgIpc) is 2.38. The van der Waals surface area contributed by atoms with Gasteiger partial charge in [0.2, 0.25) is 0 Å². The molecule has 0 saturated carbocycles. The molecule has 0 amide bonds. The van der Waals surface area contributed by atoms with E-state index in [0.29, 0.717) is 0 Å². The third kappa shape index (κ3) is 13.8. The first-order valence-corrected chi connectivity index (χ1v) is 8.47. The lowest BCUT2D eigenvalue weighted by molar-refractivity contribution is 0.570. The van der Waals surface area contributed by atoms with E-state index >= 15 is 0 Å². The normalized spacial score (nSPS) is 10.8. The molecule has 0 spiro atoms. The number of rotatable bonds is 14. The van der Waals surface area contributed by atoms with E-state index in [2.05, 4.69) is 20.4 Å². The fourth-order valence-electron chi connectivity index (χ4n) is 2.44. The molecule has 0 heterocycles. The first-order valence-electron chi connectivity index (χ1n) is 8.47. The van der Waals surface area contributed by atoms with Crippen LogP contribution in [0.15, 0.2) is 12.2 Å². The van der Waals surface area contributed by atoms with Crippen LogP contribution in [0.25, 0.3) is 0 Å². The molecule has 0 heteroatoms. The second-order valence-corrected chi connectivity index (χ2v) is 5.79. The van der Waals surface area contributed by atoms with Crippen LogP contribution in [0.4, 0.5) is 0 Å². The van der Waals surface area contributed by atoms with Crippen LogP contribution in [0.2, 0.25) is 0 Å². The van der Waals surface area contributed by atoms with E-state index in [4.69, 9.17) is 0 Å². The zero-order chi connectivity index (χ0) is 13.5. The van der Waals surface area contributed by atoms with Crippen molar-refractivity contribution in [2.24, 2.45) is 0 Å². The van der Waals surface area contributed by atoms with Gasteiger partial charge in [0, 0.05) is 0 Å². The summed E-state index contributed by atoms with van der Waals surface area (Å²) in [4.78, 5) is 0. The zero-order valence-electron chi connectivity index (χ0n) is 13.1. The van der Waals surface area contributed by atoms with Gasteiger partial charge in [-0.05, 0) is 25.7 Å². The molecular weight excluding hydrogens is 216 g/mol. The molecule has 0 aromatic heterocycles. The largest absolute Gasteiger partial charge is 0.0999 e. The molecule has 0 aromatic rings. The summed E-state index contributed by atoms with van der Waals surface area (Å²) in [5, 5.41) is 0. The zero-order valence-corrected chi connectivity index (χ0v) is 13.1. The Morgan fingerprint density at radius 2 is 0.889 bits per heavy atom. The third-order valence-electron chi connectivity index (χ3n) is 3.77. The van der Waals surface area contributed by atoms with Crippen molar-refractivity contribution in [3.63, 3.8) is 0 Å². The molecular formula is C18H36. The van der Waals surface area contributed by atoms with Crippen molar-refractivity contribution in [2.45, 2.75) is 104 Å². The Morgan fingerprint density at radius 1 is 0.556 bits per heavy atom. The fourth-order valence-corrected chi connectivity index (χ4v) is 2.44. The molecule has 0 aliphatic carbocycles. The number of hydrogen-bond donors (Lipinski definition) is 0. The van der Waals surface area contributed by atoms with Gasteiger partial charge in [-0.25, -0.2) is 0 Å². The highest BCUT2D eigenvalue weighted by Gasteiger charge is 1.96. The number of allylic oxidation sites excluding steroid dienone is 1. The molecule has 0 saturated heterocycles. The van der Waals surface area contributed by atoms with Gasteiger partial charge in [0.15, 0.2) is 0 Å². The predicted octanol–water partition coefficient (Wildman–Crippen LogP) is 7.04. The Labute approximate surface area is 116 Å². The average molecular weight is 252 g/mol. The fraction of sp³-hybridized carbons (Fsp3) is 0.889. The van der Waals surface area contributed by atoms with E-state index < -0.39 is 0 Å². The Hall–Kier alpha value is -0.260. The Balaban J connectivity index is 3.10. The molecule has 0 atom stereocenters. The summed E-state index contributed by atoms with van der Waals surface area (Å²) in [5.41, 5.74) is 1.50. The predicted molar refractivity (Wildman–Crippen MR) is 85.1 cm³/mol. The van der Waals surface area contributed by atoms with Crippen LogP contribution in [0.3, 0.4) is 0 Å². The molecule has 0 rings (SSSR count). The lowest BCUT2D eigenvalue weighted by Crippen LogP contribution is -1.86. The summed E-state index contributed by atoms with van der Waals surface area (Å²) in [5.74, 6) is 0. The van der Waals surface area contributed by atoms with Crippen molar-refractivity contribution in [3.8, 4) is 0 Å². The first kappa shape index (κ1) is 17.7. The minimum atomic E-state index is 1.27. The van der Waals surface area contributed by atoms with Gasteiger partial charge in [0.1, 0.15) is 0 Å². The molecule has 18 heavy (non-hydrogen) atoms. The van der Waals surface area contributed by atoms with Crippen molar-refractivity contribution in [2.75, 3.05) is 0 Å². The maximum atomic E-state index is 4.21. The van der Waals surface area contributed by atoms with Crippen LogP contribution < -0.4 is 0 Å². The SMILES string of the molecule is C=C(CCCCCC)CCCCCCCCCC. The van der Waals surface area contributed by atoms with Crippen LogP contribution in [-0.4, -0.2) is 0 Å². The molecule has 0 N–H and O–H groups in total. The molecule has 108 valence electrons. The Kier molecular flexibility index (Phi) is 14.6. The van der Waals surface area contributed by atoms with Crippen LogP contribution in [0, 0.1) is 0 Å². The standard InChI is InChI=1S/C18H36/c1-4-6-8-10-11-12-13-15-17-18(3)16-14-9-7-5-2/h3-17H2,1-2H3. The lowest BCUT2D eigenvalue weighted by atomic mass is 10.0. The van der Waals surface area contributed by atoms with Crippen LogP contribution >= 0.6 is 0 Å². The molecule has 0 aromatic carbocycles. The van der Waals surface area contributed by atoms with Gasteiger partial charge in [0.25, 0.3) is 0 Å². The van der Waals surface area contributed by atoms with Crippen molar-refractivity contribution in [1.82, 2.24) is 0 Å². The molecule has 0 unspecified atom stereocenters. The molecule has 0 fully saturated rings. The van der Waals surface area contributed by atoms with Gasteiger partial charge in [-0.1, -0.05) is 90.2 Å². The van der Waals surface area contributed by atoms with Gasteiger partial charge in [0.05, 0.1) is 0 Å². The highest BCUT2D eigenvalue weighted by Crippen LogP contribution is 2.16. The number of unbranched alkanes of at least 4 members (excludes halogenated alkanes) is 10. The van der Waals surface area contributed by atoms with E-state index in [0.717, 1.165) is 0 Å². The Bertz CT molecular complexity index is 169. The number of hydrogen-bond acceptors (Lipinski definition) is 0. The van der Waals surface area contributed by atoms with Gasteiger partial charge < -0.3 is 0 Å². The van der Waals surface area contributed by atoms with E-state index in [-0.39, 0.29) is 0 Å². The molecule has 0 aliphatic rings. The molecule has 0 radical (unpaired) electrons. The van der Waals surface area contributed by atoms with Crippen molar-refractivity contribution < 1.29 is 0 Å². The summed E-state index contributed by atoms with van der Waals surface area (Å²) in [6, 6.07) is 0. The first-order chi connectivity index (χ1) is 8.81. The topological polar surface area (TPSA) is 0 Å². The summed E-state index contributed by atoms with van der Waals surface area (Å²) in [7, 11) is 0. The van der Waals surface area contributed by atoms with Gasteiger partial charge in [-0.2, -0.15) is 0 Å². The van der Waals surface area contributed by atoms with Gasteiger partial charge >= 0.3 is 0 Å². The second-order valence-electron chi connectivity index (χ2n) is 5.79. The molecule has 0 aliphatic heterocycles. The summed E-state index contributed by atoms with van der Waals surface area (Å²) >= 11 is 0. The van der Waals surface area contributed by atoms with E-state index in [1.54, 1.807) is 0 Å². The summed E-state index contributed by atoms with van der Waals surface area (Å²) in [6.07, 6.45) is 19.4. The van der Waals surface area contributed by atoms with Crippen LogP contribution in [-0.2, 0) is 0 Å². The summed E-state index contributed by atoms with van der Waals surface area (Å²) < 4.78 is 0.